The fourth-order valence-electron chi connectivity index (χ4n) is 2.98. The maximum atomic E-state index is 4.73. The van der Waals surface area contributed by atoms with Crippen molar-refractivity contribution in [1.82, 2.24) is 9.55 Å². The van der Waals surface area contributed by atoms with Gasteiger partial charge in [-0.2, -0.15) is 0 Å². The first-order valence-corrected chi connectivity index (χ1v) is 11.8. The molecule has 1 aromatic heterocycles. The zero-order valence-electron chi connectivity index (χ0n) is 14.6. The van der Waals surface area contributed by atoms with Crippen LogP contribution in [0.25, 0.3) is 0 Å². The third-order valence-corrected chi connectivity index (χ3v) is 9.54. The molecule has 0 saturated heterocycles. The van der Waals surface area contributed by atoms with Gasteiger partial charge in [-0.25, -0.2) is 0 Å². The number of hydrogen-bond donors (Lipinski definition) is 0. The van der Waals surface area contributed by atoms with Crippen LogP contribution in [0, 0.1) is 0 Å². The van der Waals surface area contributed by atoms with Gasteiger partial charge in [-0.3, -0.25) is 0 Å². The van der Waals surface area contributed by atoms with E-state index in [1.54, 1.807) is 0 Å². The van der Waals surface area contributed by atoms with Crippen LogP contribution < -0.4 is 3.71 Å². The van der Waals surface area contributed by atoms with Crippen molar-refractivity contribution in [1.29, 1.82) is 0 Å². The molecule has 1 rings (SSSR count). The monoisotopic (exact) mass is 398 g/mol. The molecule has 0 bridgehead atoms. The molecule has 0 amide bonds. The SMILES string of the molecule is CCCC[C](CCCC)(CCCC)[Sn][c]1cn(CC)cn1. The van der Waals surface area contributed by atoms with E-state index in [9.17, 15) is 0 Å². The Morgan fingerprint density at radius 2 is 1.48 bits per heavy atom. The van der Waals surface area contributed by atoms with E-state index in [0.717, 1.165) is 6.54 Å². The van der Waals surface area contributed by atoms with Crippen LogP contribution in [-0.4, -0.2) is 30.7 Å². The summed E-state index contributed by atoms with van der Waals surface area (Å²) in [6, 6.07) is 0. The number of aromatic nitrogens is 2. The van der Waals surface area contributed by atoms with Crippen molar-refractivity contribution in [3.63, 3.8) is 0 Å². The first-order valence-electron chi connectivity index (χ1n) is 8.99. The molecular formula is C18H34N2Sn. The fourth-order valence-corrected chi connectivity index (χ4v) is 8.12. The molecule has 0 aliphatic heterocycles. The van der Waals surface area contributed by atoms with Crippen molar-refractivity contribution >= 4 is 24.9 Å². The van der Waals surface area contributed by atoms with E-state index < -0.39 is 21.1 Å². The van der Waals surface area contributed by atoms with Crippen LogP contribution in [0.15, 0.2) is 12.5 Å². The van der Waals surface area contributed by atoms with Gasteiger partial charge in [0, 0.05) is 0 Å². The maximum absolute atomic E-state index is 4.73. The third kappa shape index (κ3) is 6.75. The van der Waals surface area contributed by atoms with Gasteiger partial charge in [0.15, 0.2) is 0 Å². The molecule has 1 aromatic rings. The van der Waals surface area contributed by atoms with Crippen LogP contribution in [0.1, 0.15) is 85.5 Å². The molecule has 0 aliphatic carbocycles. The number of imidazole rings is 1. The summed E-state index contributed by atoms with van der Waals surface area (Å²) >= 11 is -0.614. The van der Waals surface area contributed by atoms with Gasteiger partial charge in [0.2, 0.25) is 0 Å². The fraction of sp³-hybridized carbons (Fsp3) is 0.833. The van der Waals surface area contributed by atoms with Crippen molar-refractivity contribution in [2.75, 3.05) is 0 Å². The van der Waals surface area contributed by atoms with E-state index in [2.05, 4.69) is 38.5 Å². The van der Waals surface area contributed by atoms with Crippen molar-refractivity contribution in [2.24, 2.45) is 0 Å². The third-order valence-electron chi connectivity index (χ3n) is 4.42. The predicted octanol–water partition coefficient (Wildman–Crippen LogP) is 4.96. The van der Waals surface area contributed by atoms with Crippen molar-refractivity contribution < 1.29 is 0 Å². The Morgan fingerprint density at radius 3 is 1.86 bits per heavy atom. The van der Waals surface area contributed by atoms with Gasteiger partial charge >= 0.3 is 142 Å². The summed E-state index contributed by atoms with van der Waals surface area (Å²) in [5.41, 5.74) is 0. The molecule has 0 unspecified atom stereocenters. The molecule has 2 nitrogen and oxygen atoms in total. The van der Waals surface area contributed by atoms with Gasteiger partial charge in [-0.05, 0) is 0 Å². The molecule has 120 valence electrons. The molecule has 0 N–H and O–H groups in total. The zero-order valence-corrected chi connectivity index (χ0v) is 17.5. The Balaban J connectivity index is 2.83. The second-order valence-corrected chi connectivity index (χ2v) is 11.5. The van der Waals surface area contributed by atoms with Crippen LogP contribution >= 0.6 is 0 Å². The summed E-state index contributed by atoms with van der Waals surface area (Å²) in [4.78, 5) is 4.73. The minimum absolute atomic E-state index is 0.614. The Hall–Kier alpha value is 0.00870. The van der Waals surface area contributed by atoms with Crippen LogP contribution in [0.2, 0.25) is 3.43 Å². The Bertz CT molecular complexity index is 351. The molecule has 0 saturated carbocycles. The Labute approximate surface area is 142 Å². The van der Waals surface area contributed by atoms with Crippen molar-refractivity contribution in [3.8, 4) is 0 Å². The molecule has 0 atom stereocenters. The van der Waals surface area contributed by atoms with Gasteiger partial charge in [-0.15, -0.1) is 0 Å². The van der Waals surface area contributed by atoms with E-state index >= 15 is 0 Å². The molecule has 1 heterocycles. The van der Waals surface area contributed by atoms with Crippen LogP contribution in [-0.2, 0) is 6.54 Å². The van der Waals surface area contributed by atoms with Crippen molar-refractivity contribution in [3.05, 3.63) is 12.5 Å². The molecule has 0 spiro atoms. The van der Waals surface area contributed by atoms with Crippen molar-refractivity contribution in [2.45, 2.75) is 95.5 Å². The first-order chi connectivity index (χ1) is 10.2. The predicted molar refractivity (Wildman–Crippen MR) is 94.6 cm³/mol. The van der Waals surface area contributed by atoms with Gasteiger partial charge in [0.1, 0.15) is 0 Å². The summed E-state index contributed by atoms with van der Waals surface area (Å²) in [5.74, 6) is 0. The Kier molecular flexibility index (Phi) is 9.70. The standard InChI is InChI=1S/C13H27.C5H7N2.Sn/c1-4-7-10-13(11-8-5-2)12-9-6-3;1-2-7-4-3-6-5-7;/h4-12H2,1-3H3;4-5H,2H2,1H3;. The molecular weight excluding hydrogens is 363 g/mol. The topological polar surface area (TPSA) is 17.8 Å². The average Bonchev–Trinajstić information content (AvgIpc) is 2.96. The first kappa shape index (κ1) is 19.1. The van der Waals surface area contributed by atoms with E-state index in [4.69, 9.17) is 4.98 Å². The molecule has 21 heavy (non-hydrogen) atoms. The number of rotatable bonds is 12. The summed E-state index contributed by atoms with van der Waals surface area (Å²) < 4.78 is 4.39. The van der Waals surface area contributed by atoms with Gasteiger partial charge in [-0.1, -0.05) is 0 Å². The molecule has 0 aliphatic rings. The van der Waals surface area contributed by atoms with Crippen LogP contribution in [0.5, 0.6) is 0 Å². The normalized spacial score (nSPS) is 12.0. The van der Waals surface area contributed by atoms with Gasteiger partial charge in [0.25, 0.3) is 0 Å². The summed E-state index contributed by atoms with van der Waals surface area (Å²) in [6.07, 6.45) is 17.0. The second kappa shape index (κ2) is 10.7. The number of aryl methyl sites for hydroxylation is 1. The summed E-state index contributed by atoms with van der Waals surface area (Å²) in [7, 11) is 0. The van der Waals surface area contributed by atoms with Gasteiger partial charge < -0.3 is 0 Å². The van der Waals surface area contributed by atoms with E-state index in [1.807, 2.05) is 6.33 Å². The molecule has 3 heteroatoms. The molecule has 0 fully saturated rings. The number of hydrogen-bond acceptors (Lipinski definition) is 1. The zero-order chi connectivity index (χ0) is 15.6. The van der Waals surface area contributed by atoms with Gasteiger partial charge in [0.05, 0.1) is 0 Å². The molecule has 2 radical (unpaired) electrons. The summed E-state index contributed by atoms with van der Waals surface area (Å²) in [5, 5.41) is 0. The van der Waals surface area contributed by atoms with E-state index in [-0.39, 0.29) is 0 Å². The average molecular weight is 397 g/mol. The number of nitrogens with zero attached hydrogens (tertiary/aromatic N) is 2. The second-order valence-electron chi connectivity index (χ2n) is 6.31. The van der Waals surface area contributed by atoms with E-state index in [0.29, 0.717) is 3.43 Å². The molecule has 0 aromatic carbocycles. The number of unbranched alkanes of at least 4 members (excludes halogenated alkanes) is 3. The van der Waals surface area contributed by atoms with Crippen LogP contribution in [0.3, 0.4) is 0 Å². The summed E-state index contributed by atoms with van der Waals surface area (Å²) in [6.45, 7) is 10.3. The van der Waals surface area contributed by atoms with E-state index in [1.165, 1.54) is 61.5 Å². The van der Waals surface area contributed by atoms with Crippen LogP contribution in [0.4, 0.5) is 0 Å². The quantitative estimate of drug-likeness (QED) is 0.456. The Morgan fingerprint density at radius 1 is 0.952 bits per heavy atom. The minimum atomic E-state index is -0.614.